The molecule has 1 heterocycles. The van der Waals surface area contributed by atoms with E-state index in [1.807, 2.05) is 0 Å². The highest BCUT2D eigenvalue weighted by molar-refractivity contribution is 6.05. The predicted octanol–water partition coefficient (Wildman–Crippen LogP) is 0.545. The maximum Gasteiger partial charge on any atom is 0.246 e. The van der Waals surface area contributed by atoms with Crippen molar-refractivity contribution in [1.29, 1.82) is 0 Å². The molecule has 1 saturated heterocycles. The Kier molecular flexibility index (Phi) is 2.54. The number of allylic oxidation sites excluding steroid dienone is 2. The van der Waals surface area contributed by atoms with Gasteiger partial charge in [-0.05, 0) is 37.1 Å². The van der Waals surface area contributed by atoms with Crippen LogP contribution in [0.2, 0.25) is 0 Å². The highest BCUT2D eigenvalue weighted by atomic mass is 16.2. The number of likely N-dealkylation sites (N-methyl/N-ethyl adjacent to an activating group) is 1. The second kappa shape index (κ2) is 3.95. The summed E-state index contributed by atoms with van der Waals surface area (Å²) in [7, 11) is 1.56. The fourth-order valence-electron chi connectivity index (χ4n) is 3.34. The molecule has 2 amide bonds. The van der Waals surface area contributed by atoms with Crippen LogP contribution < -0.4 is 5.32 Å². The lowest BCUT2D eigenvalue weighted by Gasteiger charge is -2.20. The highest BCUT2D eigenvalue weighted by Gasteiger charge is 2.39. The molecule has 2 fully saturated rings. The minimum atomic E-state index is -0.282. The van der Waals surface area contributed by atoms with E-state index in [9.17, 15) is 9.59 Å². The van der Waals surface area contributed by atoms with E-state index < -0.39 is 0 Å². The summed E-state index contributed by atoms with van der Waals surface area (Å²) >= 11 is 0. The summed E-state index contributed by atoms with van der Waals surface area (Å²) in [6.07, 6.45) is 7.47. The molecular formula is C13H18N2O2. The van der Waals surface area contributed by atoms with Gasteiger partial charge < -0.3 is 5.32 Å². The van der Waals surface area contributed by atoms with Crippen LogP contribution in [0.4, 0.5) is 0 Å². The van der Waals surface area contributed by atoms with E-state index in [2.05, 4.69) is 17.5 Å². The van der Waals surface area contributed by atoms with Gasteiger partial charge in [-0.3, -0.25) is 14.5 Å². The van der Waals surface area contributed by atoms with Gasteiger partial charge >= 0.3 is 0 Å². The van der Waals surface area contributed by atoms with Gasteiger partial charge in [0.2, 0.25) is 11.8 Å². The lowest BCUT2D eigenvalue weighted by atomic mass is 9.93. The third-order valence-corrected chi connectivity index (χ3v) is 4.42. The molecule has 4 nitrogen and oxygen atoms in total. The van der Waals surface area contributed by atoms with Crippen molar-refractivity contribution in [1.82, 2.24) is 10.2 Å². The summed E-state index contributed by atoms with van der Waals surface area (Å²) in [5.74, 6) is 1.96. The number of rotatable bonds is 3. The first kappa shape index (κ1) is 11.0. The molecule has 1 saturated carbocycles. The summed E-state index contributed by atoms with van der Waals surface area (Å²) in [6.45, 7) is 0.864. The zero-order valence-electron chi connectivity index (χ0n) is 10.1. The van der Waals surface area contributed by atoms with Crippen molar-refractivity contribution >= 4 is 11.8 Å². The molecule has 1 N–H and O–H groups in total. The largest absolute Gasteiger partial charge is 0.305 e. The van der Waals surface area contributed by atoms with Gasteiger partial charge in [0.25, 0.3) is 0 Å². The number of amides is 2. The molecule has 17 heavy (non-hydrogen) atoms. The number of likely N-dealkylation sites (tertiary alicyclic amines) is 1. The zero-order chi connectivity index (χ0) is 12.0. The number of imide groups is 1. The van der Waals surface area contributed by atoms with Crippen molar-refractivity contribution in [2.24, 2.45) is 17.8 Å². The van der Waals surface area contributed by atoms with E-state index >= 15 is 0 Å². The van der Waals surface area contributed by atoms with E-state index in [0.717, 1.165) is 12.5 Å². The molecule has 0 aromatic heterocycles. The number of fused-ring (bicyclic) bond motifs is 2. The van der Waals surface area contributed by atoms with Gasteiger partial charge in [0.05, 0.1) is 12.5 Å². The van der Waals surface area contributed by atoms with Crippen LogP contribution in [0.25, 0.3) is 0 Å². The van der Waals surface area contributed by atoms with Crippen LogP contribution in [0.1, 0.15) is 19.3 Å². The lowest BCUT2D eigenvalue weighted by Crippen LogP contribution is -2.40. The van der Waals surface area contributed by atoms with Crippen LogP contribution in [0.5, 0.6) is 0 Å². The second-order valence-corrected chi connectivity index (χ2v) is 5.50. The number of nitrogens with one attached hydrogen (secondary N) is 1. The summed E-state index contributed by atoms with van der Waals surface area (Å²) in [5.41, 5.74) is 0. The standard InChI is InChI=1S/C13H18N2O2/c1-15-12(16)6-11(13(15)17)14-7-10-5-8-2-3-9(10)4-8/h2-3,8-11,14H,4-7H2,1H3. The Morgan fingerprint density at radius 3 is 2.71 bits per heavy atom. The van der Waals surface area contributed by atoms with Crippen molar-refractivity contribution in [3.63, 3.8) is 0 Å². The molecule has 1 aliphatic heterocycles. The molecule has 4 atom stereocenters. The number of hydrogen-bond donors (Lipinski definition) is 1. The van der Waals surface area contributed by atoms with E-state index in [1.165, 1.54) is 17.7 Å². The van der Waals surface area contributed by atoms with E-state index in [-0.39, 0.29) is 17.9 Å². The lowest BCUT2D eigenvalue weighted by molar-refractivity contribution is -0.137. The van der Waals surface area contributed by atoms with E-state index in [1.54, 1.807) is 7.05 Å². The number of carbonyl (C=O) groups excluding carboxylic acids is 2. The molecule has 0 aromatic rings. The molecule has 4 heteroatoms. The van der Waals surface area contributed by atoms with Crippen LogP contribution in [0.3, 0.4) is 0 Å². The van der Waals surface area contributed by atoms with Gasteiger partial charge in [0, 0.05) is 7.05 Å². The maximum atomic E-state index is 11.7. The average molecular weight is 234 g/mol. The normalized spacial score (nSPS) is 39.7. The van der Waals surface area contributed by atoms with Gasteiger partial charge in [-0.2, -0.15) is 0 Å². The van der Waals surface area contributed by atoms with Gasteiger partial charge in [-0.15, -0.1) is 0 Å². The first-order chi connectivity index (χ1) is 8.15. The summed E-state index contributed by atoms with van der Waals surface area (Å²) in [4.78, 5) is 24.3. The van der Waals surface area contributed by atoms with Crippen LogP contribution in [-0.2, 0) is 9.59 Å². The van der Waals surface area contributed by atoms with Gasteiger partial charge in [0.1, 0.15) is 0 Å². The Morgan fingerprint density at radius 2 is 2.18 bits per heavy atom. The highest BCUT2D eigenvalue weighted by Crippen LogP contribution is 2.43. The summed E-state index contributed by atoms with van der Waals surface area (Å²) < 4.78 is 0. The minimum Gasteiger partial charge on any atom is -0.305 e. The fraction of sp³-hybridized carbons (Fsp3) is 0.692. The summed E-state index contributed by atoms with van der Waals surface area (Å²) in [5, 5.41) is 3.27. The molecular weight excluding hydrogens is 216 g/mol. The van der Waals surface area contributed by atoms with Crippen molar-refractivity contribution in [2.75, 3.05) is 13.6 Å². The maximum absolute atomic E-state index is 11.7. The minimum absolute atomic E-state index is 0.0691. The van der Waals surface area contributed by atoms with Crippen molar-refractivity contribution in [2.45, 2.75) is 25.3 Å². The predicted molar refractivity (Wildman–Crippen MR) is 63.0 cm³/mol. The quantitative estimate of drug-likeness (QED) is 0.573. The molecule has 4 unspecified atom stereocenters. The second-order valence-electron chi connectivity index (χ2n) is 5.50. The molecule has 0 spiro atoms. The Bertz CT molecular complexity index is 391. The monoisotopic (exact) mass is 234 g/mol. The topological polar surface area (TPSA) is 49.4 Å². The number of hydrogen-bond acceptors (Lipinski definition) is 3. The molecule has 0 radical (unpaired) electrons. The van der Waals surface area contributed by atoms with Crippen LogP contribution in [0.15, 0.2) is 12.2 Å². The molecule has 2 bridgehead atoms. The number of nitrogens with zero attached hydrogens (tertiary/aromatic N) is 1. The molecule has 3 rings (SSSR count). The third-order valence-electron chi connectivity index (χ3n) is 4.42. The van der Waals surface area contributed by atoms with Crippen LogP contribution >= 0.6 is 0 Å². The van der Waals surface area contributed by atoms with Gasteiger partial charge in [0.15, 0.2) is 0 Å². The van der Waals surface area contributed by atoms with Gasteiger partial charge in [-0.1, -0.05) is 12.2 Å². The van der Waals surface area contributed by atoms with Crippen molar-refractivity contribution < 1.29 is 9.59 Å². The first-order valence-corrected chi connectivity index (χ1v) is 6.37. The third kappa shape index (κ3) is 1.80. The molecule has 92 valence electrons. The SMILES string of the molecule is CN1C(=O)CC(NCC2CC3C=CC2C3)C1=O. The van der Waals surface area contributed by atoms with E-state index in [4.69, 9.17) is 0 Å². The Balaban J connectivity index is 1.54. The number of carbonyl (C=O) groups is 2. The average Bonchev–Trinajstić information content (AvgIpc) is 2.98. The zero-order valence-corrected chi connectivity index (χ0v) is 10.1. The summed E-state index contributed by atoms with van der Waals surface area (Å²) in [6, 6.07) is -0.282. The smallest absolute Gasteiger partial charge is 0.246 e. The van der Waals surface area contributed by atoms with Crippen LogP contribution in [0, 0.1) is 17.8 Å². The fourth-order valence-corrected chi connectivity index (χ4v) is 3.34. The van der Waals surface area contributed by atoms with Crippen molar-refractivity contribution in [3.05, 3.63) is 12.2 Å². The Hall–Kier alpha value is -1.16. The van der Waals surface area contributed by atoms with Crippen molar-refractivity contribution in [3.8, 4) is 0 Å². The van der Waals surface area contributed by atoms with Crippen LogP contribution in [-0.4, -0.2) is 36.3 Å². The molecule has 2 aliphatic carbocycles. The Morgan fingerprint density at radius 1 is 1.35 bits per heavy atom. The first-order valence-electron chi connectivity index (χ1n) is 6.37. The molecule has 0 aromatic carbocycles. The van der Waals surface area contributed by atoms with Gasteiger partial charge in [-0.25, -0.2) is 0 Å². The Labute approximate surface area is 101 Å². The molecule has 3 aliphatic rings. The van der Waals surface area contributed by atoms with E-state index in [0.29, 0.717) is 18.3 Å².